The molecular weight excluding hydrogens is 398 g/mol. The van der Waals surface area contributed by atoms with E-state index in [4.69, 9.17) is 13.0 Å². The SMILES string of the molecule is C=CCC(C(=[NH+]C)[Se]C)c1ccccc1.O=S(=O)([O-])C(F)(F)F. The number of halogens is 3. The van der Waals surface area contributed by atoms with Gasteiger partial charge in [0.25, 0.3) is 0 Å². The summed E-state index contributed by atoms with van der Waals surface area (Å²) in [6.45, 7) is 3.84. The van der Waals surface area contributed by atoms with Crippen LogP contribution >= 0.6 is 0 Å². The number of rotatable bonds is 5. The minimum absolute atomic E-state index is 0.485. The Morgan fingerprint density at radius 2 is 1.87 bits per heavy atom. The second-order valence-electron chi connectivity index (χ2n) is 4.21. The van der Waals surface area contributed by atoms with Crippen LogP contribution in [0.3, 0.4) is 0 Å². The van der Waals surface area contributed by atoms with Gasteiger partial charge < -0.3 is 4.55 Å². The van der Waals surface area contributed by atoms with Crippen molar-refractivity contribution < 1.29 is 31.1 Å². The zero-order valence-corrected chi connectivity index (χ0v) is 15.2. The summed E-state index contributed by atoms with van der Waals surface area (Å²) < 4.78 is 60.3. The summed E-state index contributed by atoms with van der Waals surface area (Å²) >= 11 is 0.526. The molecule has 0 bridgehead atoms. The van der Waals surface area contributed by atoms with Gasteiger partial charge in [-0.15, -0.1) is 0 Å². The Balaban J connectivity index is 0.000000515. The van der Waals surface area contributed by atoms with Crippen molar-refractivity contribution in [2.24, 2.45) is 0 Å². The number of nitrogens with one attached hydrogen (secondary N) is 1. The second kappa shape index (κ2) is 9.87. The van der Waals surface area contributed by atoms with Crippen molar-refractivity contribution in [2.45, 2.75) is 23.7 Å². The van der Waals surface area contributed by atoms with Gasteiger partial charge in [0, 0.05) is 0 Å². The predicted molar refractivity (Wildman–Crippen MR) is 83.3 cm³/mol. The van der Waals surface area contributed by atoms with Crippen molar-refractivity contribution in [3.05, 3.63) is 48.6 Å². The molecule has 0 aliphatic rings. The van der Waals surface area contributed by atoms with Crippen LogP contribution in [0.4, 0.5) is 13.2 Å². The first-order valence-corrected chi connectivity index (χ1v) is 10.3. The van der Waals surface area contributed by atoms with E-state index in [0.717, 1.165) is 6.42 Å². The van der Waals surface area contributed by atoms with E-state index in [2.05, 4.69) is 47.7 Å². The van der Waals surface area contributed by atoms with Gasteiger partial charge in [-0.05, 0) is 0 Å². The molecule has 4 nitrogen and oxygen atoms in total. The van der Waals surface area contributed by atoms with Crippen molar-refractivity contribution in [1.82, 2.24) is 0 Å². The zero-order valence-electron chi connectivity index (χ0n) is 12.6. The molecule has 0 amide bonds. The predicted octanol–water partition coefficient (Wildman–Crippen LogP) is 1.26. The summed E-state index contributed by atoms with van der Waals surface area (Å²) in [6, 6.07) is 10.6. The summed E-state index contributed by atoms with van der Waals surface area (Å²) in [4.78, 5) is 3.33. The zero-order chi connectivity index (χ0) is 18.1. The van der Waals surface area contributed by atoms with Crippen LogP contribution in [0.1, 0.15) is 17.9 Å². The average Bonchev–Trinajstić information content (AvgIpc) is 2.47. The summed E-state index contributed by atoms with van der Waals surface area (Å²) in [5, 5.41) is 0. The van der Waals surface area contributed by atoms with Crippen LogP contribution in [-0.4, -0.2) is 45.1 Å². The molecule has 1 rings (SSSR count). The van der Waals surface area contributed by atoms with E-state index in [0.29, 0.717) is 20.9 Å². The Morgan fingerprint density at radius 3 is 2.17 bits per heavy atom. The van der Waals surface area contributed by atoms with E-state index in [1.54, 1.807) is 0 Å². The molecule has 0 spiro atoms. The molecule has 1 aromatic carbocycles. The molecule has 9 heteroatoms. The molecule has 130 valence electrons. The third-order valence-corrected chi connectivity index (χ3v) is 5.19. The molecule has 1 N–H and O–H groups in total. The van der Waals surface area contributed by atoms with Gasteiger partial charge in [0.2, 0.25) is 0 Å². The first-order chi connectivity index (χ1) is 10.6. The quantitative estimate of drug-likeness (QED) is 0.258. The van der Waals surface area contributed by atoms with Crippen LogP contribution in [0.2, 0.25) is 5.82 Å². The minimum atomic E-state index is -6.09. The normalized spacial score (nSPS) is 13.7. The molecule has 0 radical (unpaired) electrons. The van der Waals surface area contributed by atoms with Crippen LogP contribution < -0.4 is 4.99 Å². The fourth-order valence-electron chi connectivity index (χ4n) is 1.67. The van der Waals surface area contributed by atoms with Gasteiger partial charge in [-0.25, -0.2) is 8.42 Å². The number of hydrogen-bond acceptors (Lipinski definition) is 3. The molecule has 0 heterocycles. The van der Waals surface area contributed by atoms with Gasteiger partial charge in [-0.1, -0.05) is 0 Å². The first-order valence-electron chi connectivity index (χ1n) is 6.35. The van der Waals surface area contributed by atoms with Gasteiger partial charge in [0.15, 0.2) is 10.1 Å². The average molecular weight is 416 g/mol. The van der Waals surface area contributed by atoms with Gasteiger partial charge in [0.1, 0.15) is 0 Å². The smallest absolute Gasteiger partial charge is 0.485 e. The Morgan fingerprint density at radius 1 is 1.39 bits per heavy atom. The van der Waals surface area contributed by atoms with Gasteiger partial charge in [-0.3, -0.25) is 0 Å². The van der Waals surface area contributed by atoms with E-state index in [1.807, 2.05) is 13.1 Å². The fraction of sp³-hybridized carbons (Fsp3) is 0.357. The van der Waals surface area contributed by atoms with Gasteiger partial charge in [-0.2, -0.15) is 13.2 Å². The van der Waals surface area contributed by atoms with Crippen LogP contribution in [0, 0.1) is 0 Å². The number of alkyl halides is 3. The van der Waals surface area contributed by atoms with Gasteiger partial charge in [0.05, 0.1) is 0 Å². The topological polar surface area (TPSA) is 71.2 Å². The minimum Gasteiger partial charge on any atom is -0.741 e. The van der Waals surface area contributed by atoms with Crippen molar-refractivity contribution in [3.63, 3.8) is 0 Å². The van der Waals surface area contributed by atoms with Crippen LogP contribution in [0.5, 0.6) is 0 Å². The summed E-state index contributed by atoms with van der Waals surface area (Å²) in [6.07, 6.45) is 3.01. The summed E-state index contributed by atoms with van der Waals surface area (Å²) in [5.74, 6) is 2.73. The van der Waals surface area contributed by atoms with E-state index >= 15 is 0 Å². The number of hydrogen-bond donors (Lipinski definition) is 1. The summed E-state index contributed by atoms with van der Waals surface area (Å²) in [5.41, 5.74) is -4.27. The van der Waals surface area contributed by atoms with Crippen molar-refractivity contribution in [1.29, 1.82) is 0 Å². The van der Waals surface area contributed by atoms with E-state index < -0.39 is 15.6 Å². The Hall–Kier alpha value is -1.15. The number of benzene rings is 1. The van der Waals surface area contributed by atoms with Crippen LogP contribution in [0.15, 0.2) is 43.0 Å². The van der Waals surface area contributed by atoms with E-state index in [-0.39, 0.29) is 0 Å². The Kier molecular flexibility index (Phi) is 9.38. The largest absolute Gasteiger partial charge is 0.741 e. The Bertz CT molecular complexity index is 616. The monoisotopic (exact) mass is 417 g/mol. The van der Waals surface area contributed by atoms with E-state index in [9.17, 15) is 13.2 Å². The molecule has 0 saturated heterocycles. The molecule has 0 saturated carbocycles. The van der Waals surface area contributed by atoms with Gasteiger partial charge >= 0.3 is 104 Å². The van der Waals surface area contributed by atoms with Crippen LogP contribution in [0.25, 0.3) is 0 Å². The maximum absolute atomic E-state index is 10.7. The molecule has 0 aliphatic heterocycles. The molecule has 0 fully saturated rings. The third kappa shape index (κ3) is 7.78. The van der Waals surface area contributed by atoms with Crippen LogP contribution in [-0.2, 0) is 10.1 Å². The van der Waals surface area contributed by atoms with Crippen molar-refractivity contribution in [2.75, 3.05) is 7.05 Å². The molecule has 23 heavy (non-hydrogen) atoms. The van der Waals surface area contributed by atoms with Crippen molar-refractivity contribution in [3.8, 4) is 0 Å². The molecule has 1 unspecified atom stereocenters. The molecular formula is C14H18F3NO3SSe. The van der Waals surface area contributed by atoms with Crippen molar-refractivity contribution >= 4 is 29.7 Å². The standard InChI is InChI=1S/C13H17NSe.CHF3O3S/c1-4-8-12(13(14-2)15-3)11-9-6-5-7-10-11;2-1(3,4)8(5,6)7/h4-7,9-10,12H,1,8H2,2-3H3;(H,5,6,7). The molecule has 1 atom stereocenters. The molecule has 1 aromatic rings. The number of allylic oxidation sites excluding steroid dienone is 1. The molecule has 0 aliphatic carbocycles. The maximum atomic E-state index is 10.7. The molecule has 0 aromatic heterocycles. The van der Waals surface area contributed by atoms with E-state index in [1.165, 1.54) is 10.2 Å². The Labute approximate surface area is 140 Å². The second-order valence-corrected chi connectivity index (χ2v) is 7.36. The maximum Gasteiger partial charge on any atom is 0.485 e. The first kappa shape index (κ1) is 21.8. The summed E-state index contributed by atoms with van der Waals surface area (Å²) in [7, 11) is -4.08. The fourth-order valence-corrected chi connectivity index (χ4v) is 3.18. The third-order valence-electron chi connectivity index (χ3n) is 2.67.